The normalized spacial score (nSPS) is 10.4. The molecule has 0 unspecified atom stereocenters. The van der Waals surface area contributed by atoms with Crippen LogP contribution in [0.1, 0.15) is 11.4 Å². The number of benzene rings is 1. The number of fused-ring (bicyclic) bond motifs is 1. The summed E-state index contributed by atoms with van der Waals surface area (Å²) in [7, 11) is 0. The third kappa shape index (κ3) is 1.58. The van der Waals surface area contributed by atoms with E-state index in [9.17, 15) is 0 Å². The Morgan fingerprint density at radius 3 is 2.89 bits per heavy atom. The van der Waals surface area contributed by atoms with Gasteiger partial charge in [-0.3, -0.25) is 0 Å². The van der Waals surface area contributed by atoms with Crippen molar-refractivity contribution in [1.29, 1.82) is 5.26 Å². The number of nitriles is 1. The first-order chi connectivity index (χ1) is 8.78. The highest BCUT2D eigenvalue weighted by molar-refractivity contribution is 5.85. The van der Waals surface area contributed by atoms with Gasteiger partial charge >= 0.3 is 0 Å². The molecule has 2 heterocycles. The van der Waals surface area contributed by atoms with Crippen molar-refractivity contribution in [3.05, 3.63) is 42.2 Å². The number of hydrogen-bond donors (Lipinski definition) is 0. The number of aromatic nitrogens is 5. The average molecular weight is 236 g/mol. The Hall–Kier alpha value is -2.81. The van der Waals surface area contributed by atoms with Crippen LogP contribution in [0.2, 0.25) is 0 Å². The summed E-state index contributed by atoms with van der Waals surface area (Å²) in [6.07, 6.45) is 2.95. The van der Waals surface area contributed by atoms with E-state index in [1.165, 1.54) is 17.3 Å². The van der Waals surface area contributed by atoms with E-state index in [1.54, 1.807) is 0 Å². The highest BCUT2D eigenvalue weighted by Gasteiger charge is 2.08. The van der Waals surface area contributed by atoms with Crippen LogP contribution in [0.4, 0.5) is 0 Å². The lowest BCUT2D eigenvalue weighted by Crippen LogP contribution is -2.00. The molecule has 3 rings (SSSR count). The van der Waals surface area contributed by atoms with Gasteiger partial charge in [0.05, 0.1) is 5.52 Å². The molecule has 0 atom stereocenters. The van der Waals surface area contributed by atoms with Crippen molar-refractivity contribution in [2.75, 3.05) is 0 Å². The lowest BCUT2D eigenvalue weighted by molar-refractivity contribution is 0.844. The molecule has 0 spiro atoms. The second-order valence-electron chi connectivity index (χ2n) is 3.84. The second-order valence-corrected chi connectivity index (χ2v) is 3.84. The summed E-state index contributed by atoms with van der Waals surface area (Å²) >= 11 is 0. The minimum absolute atomic E-state index is 0.120. The average Bonchev–Trinajstić information content (AvgIpc) is 2.86. The van der Waals surface area contributed by atoms with Gasteiger partial charge in [0.2, 0.25) is 0 Å². The van der Waals surface area contributed by atoms with Crippen LogP contribution in [0.25, 0.3) is 16.7 Å². The smallest absolute Gasteiger partial charge is 0.236 e. The summed E-state index contributed by atoms with van der Waals surface area (Å²) in [6.45, 7) is 2.00. The van der Waals surface area contributed by atoms with Gasteiger partial charge in [0.15, 0.2) is 5.82 Å². The van der Waals surface area contributed by atoms with Crippen LogP contribution in [-0.2, 0) is 0 Å². The standard InChI is InChI=1S/C12H8N6/c1-8-2-3-10-9(4-8)12(15-6-14-10)18-7-16-11(5-13)17-18/h2-4,6-7H,1H3. The molecular formula is C12H8N6. The fourth-order valence-electron chi connectivity index (χ4n) is 1.76. The lowest BCUT2D eigenvalue weighted by Gasteiger charge is -2.04. The largest absolute Gasteiger partial charge is 0.252 e. The Balaban J connectivity index is 2.28. The number of aryl methyl sites for hydroxylation is 1. The molecule has 0 radical (unpaired) electrons. The molecule has 0 saturated heterocycles. The van der Waals surface area contributed by atoms with E-state index in [0.29, 0.717) is 5.82 Å². The number of hydrogen-bond acceptors (Lipinski definition) is 5. The minimum atomic E-state index is 0.120. The molecule has 0 aliphatic rings. The fraction of sp³-hybridized carbons (Fsp3) is 0.0833. The van der Waals surface area contributed by atoms with Crippen LogP contribution in [0.15, 0.2) is 30.9 Å². The second kappa shape index (κ2) is 3.89. The van der Waals surface area contributed by atoms with Crippen molar-refractivity contribution in [2.45, 2.75) is 6.92 Å². The van der Waals surface area contributed by atoms with E-state index >= 15 is 0 Å². The SMILES string of the molecule is Cc1ccc2ncnc(-n3cnc(C#N)n3)c2c1. The molecule has 86 valence electrons. The maximum Gasteiger partial charge on any atom is 0.252 e. The van der Waals surface area contributed by atoms with Gasteiger partial charge in [-0.2, -0.15) is 5.26 Å². The van der Waals surface area contributed by atoms with E-state index in [1.807, 2.05) is 31.2 Å². The zero-order valence-electron chi connectivity index (χ0n) is 9.57. The molecule has 3 aromatic rings. The summed E-state index contributed by atoms with van der Waals surface area (Å²) in [5.74, 6) is 0.743. The van der Waals surface area contributed by atoms with Crippen LogP contribution in [0.5, 0.6) is 0 Å². The van der Waals surface area contributed by atoms with Gasteiger partial charge in [0.1, 0.15) is 18.7 Å². The Labute approximate surface area is 103 Å². The maximum absolute atomic E-state index is 8.73. The van der Waals surface area contributed by atoms with Gasteiger partial charge in [-0.15, -0.1) is 5.10 Å². The van der Waals surface area contributed by atoms with E-state index in [2.05, 4.69) is 20.1 Å². The topological polar surface area (TPSA) is 80.3 Å². The van der Waals surface area contributed by atoms with Crippen LogP contribution in [-0.4, -0.2) is 24.7 Å². The molecule has 0 aliphatic heterocycles. The third-order valence-electron chi connectivity index (χ3n) is 2.58. The quantitative estimate of drug-likeness (QED) is 0.637. The molecule has 0 fully saturated rings. The molecular weight excluding hydrogens is 228 g/mol. The van der Waals surface area contributed by atoms with E-state index in [-0.39, 0.29) is 5.82 Å². The zero-order valence-corrected chi connectivity index (χ0v) is 9.57. The van der Waals surface area contributed by atoms with Crippen molar-refractivity contribution in [3.63, 3.8) is 0 Å². The van der Waals surface area contributed by atoms with Crippen LogP contribution in [0.3, 0.4) is 0 Å². The molecule has 0 N–H and O–H groups in total. The fourth-order valence-corrected chi connectivity index (χ4v) is 1.76. The van der Waals surface area contributed by atoms with Gasteiger partial charge < -0.3 is 0 Å². The summed E-state index contributed by atoms with van der Waals surface area (Å²) in [5.41, 5.74) is 1.94. The maximum atomic E-state index is 8.73. The molecule has 0 bridgehead atoms. The summed E-state index contributed by atoms with van der Waals surface area (Å²) < 4.78 is 1.49. The highest BCUT2D eigenvalue weighted by Crippen LogP contribution is 2.18. The predicted molar refractivity (Wildman–Crippen MR) is 63.9 cm³/mol. The van der Waals surface area contributed by atoms with E-state index in [0.717, 1.165) is 16.5 Å². The van der Waals surface area contributed by atoms with E-state index < -0.39 is 0 Å². The highest BCUT2D eigenvalue weighted by atomic mass is 15.4. The Kier molecular flexibility index (Phi) is 2.24. The molecule has 6 heteroatoms. The Morgan fingerprint density at radius 1 is 1.22 bits per heavy atom. The van der Waals surface area contributed by atoms with Crippen LogP contribution < -0.4 is 0 Å². The molecule has 6 nitrogen and oxygen atoms in total. The van der Waals surface area contributed by atoms with Gasteiger partial charge in [-0.05, 0) is 19.1 Å². The van der Waals surface area contributed by atoms with Crippen molar-refractivity contribution in [2.24, 2.45) is 0 Å². The van der Waals surface area contributed by atoms with Crippen molar-refractivity contribution in [3.8, 4) is 11.9 Å². The zero-order chi connectivity index (χ0) is 12.5. The summed E-state index contributed by atoms with van der Waals surface area (Å²) in [5, 5.41) is 13.6. The molecule has 0 aliphatic carbocycles. The first-order valence-electron chi connectivity index (χ1n) is 5.31. The third-order valence-corrected chi connectivity index (χ3v) is 2.58. The van der Waals surface area contributed by atoms with Crippen molar-refractivity contribution in [1.82, 2.24) is 24.7 Å². The summed E-state index contributed by atoms with van der Waals surface area (Å²) in [6, 6.07) is 7.79. The first-order valence-corrected chi connectivity index (χ1v) is 5.31. The van der Waals surface area contributed by atoms with Crippen LogP contribution >= 0.6 is 0 Å². The predicted octanol–water partition coefficient (Wildman–Crippen LogP) is 1.39. The molecule has 2 aromatic heterocycles. The monoisotopic (exact) mass is 236 g/mol. The Bertz CT molecular complexity index is 768. The lowest BCUT2D eigenvalue weighted by atomic mass is 10.1. The summed E-state index contributed by atoms with van der Waals surface area (Å²) in [4.78, 5) is 12.3. The van der Waals surface area contributed by atoms with E-state index in [4.69, 9.17) is 5.26 Å². The van der Waals surface area contributed by atoms with Crippen molar-refractivity contribution < 1.29 is 0 Å². The van der Waals surface area contributed by atoms with Crippen LogP contribution in [0, 0.1) is 18.3 Å². The van der Waals surface area contributed by atoms with Gasteiger partial charge in [0.25, 0.3) is 5.82 Å². The molecule has 18 heavy (non-hydrogen) atoms. The first kappa shape index (κ1) is 10.4. The Morgan fingerprint density at radius 2 is 2.11 bits per heavy atom. The van der Waals surface area contributed by atoms with Gasteiger partial charge in [-0.25, -0.2) is 19.6 Å². The number of nitrogens with zero attached hydrogens (tertiary/aromatic N) is 6. The molecule has 0 saturated carbocycles. The van der Waals surface area contributed by atoms with Crippen molar-refractivity contribution >= 4 is 10.9 Å². The van der Waals surface area contributed by atoms with Gasteiger partial charge in [-0.1, -0.05) is 11.6 Å². The number of rotatable bonds is 1. The minimum Gasteiger partial charge on any atom is -0.236 e. The van der Waals surface area contributed by atoms with Gasteiger partial charge in [0, 0.05) is 5.39 Å². The molecule has 1 aromatic carbocycles. The molecule has 0 amide bonds.